The molecular formula is C21H22N4O3S. The van der Waals surface area contributed by atoms with Crippen LogP contribution in [0.5, 0.6) is 0 Å². The number of thiophene rings is 1. The number of nitrogens with zero attached hydrogens (tertiary/aromatic N) is 2. The van der Waals surface area contributed by atoms with E-state index in [0.29, 0.717) is 16.4 Å². The SMILES string of the molecule is COC(=O)c1c(NC(=O)CNc2ccn(-c3ccccc3)n2)sc2c1CCCC2. The lowest BCUT2D eigenvalue weighted by Gasteiger charge is -2.11. The molecule has 1 aliphatic rings. The fourth-order valence-electron chi connectivity index (χ4n) is 3.46. The Kier molecular flexibility index (Phi) is 5.62. The van der Waals surface area contributed by atoms with E-state index in [4.69, 9.17) is 4.74 Å². The van der Waals surface area contributed by atoms with Gasteiger partial charge in [-0.3, -0.25) is 4.79 Å². The minimum absolute atomic E-state index is 0.0506. The van der Waals surface area contributed by atoms with Gasteiger partial charge in [0.25, 0.3) is 0 Å². The fourth-order valence-corrected chi connectivity index (χ4v) is 4.75. The monoisotopic (exact) mass is 410 g/mol. The molecule has 0 atom stereocenters. The number of aryl methyl sites for hydroxylation is 1. The Morgan fingerprint density at radius 2 is 1.97 bits per heavy atom. The number of carbonyl (C=O) groups excluding carboxylic acids is 2. The number of nitrogens with one attached hydrogen (secondary N) is 2. The van der Waals surface area contributed by atoms with Crippen molar-refractivity contribution in [3.63, 3.8) is 0 Å². The Balaban J connectivity index is 1.42. The molecule has 1 aromatic carbocycles. The number of hydrogen-bond acceptors (Lipinski definition) is 6. The highest BCUT2D eigenvalue weighted by atomic mass is 32.1. The molecule has 2 N–H and O–H groups in total. The number of carbonyl (C=O) groups is 2. The Labute approximate surface area is 172 Å². The van der Waals surface area contributed by atoms with E-state index in [0.717, 1.165) is 36.9 Å². The molecule has 3 aromatic rings. The molecule has 0 saturated heterocycles. The van der Waals surface area contributed by atoms with Crippen molar-refractivity contribution >= 4 is 34.0 Å². The average molecular weight is 410 g/mol. The van der Waals surface area contributed by atoms with E-state index >= 15 is 0 Å². The number of aromatic nitrogens is 2. The summed E-state index contributed by atoms with van der Waals surface area (Å²) >= 11 is 1.48. The first-order valence-electron chi connectivity index (χ1n) is 9.53. The van der Waals surface area contributed by atoms with Crippen LogP contribution in [0.3, 0.4) is 0 Å². The fraction of sp³-hybridized carbons (Fsp3) is 0.286. The molecule has 1 amide bonds. The Morgan fingerprint density at radius 3 is 2.76 bits per heavy atom. The molecule has 150 valence electrons. The summed E-state index contributed by atoms with van der Waals surface area (Å²) in [7, 11) is 1.37. The molecule has 2 heterocycles. The van der Waals surface area contributed by atoms with Gasteiger partial charge in [-0.05, 0) is 43.4 Å². The molecule has 1 aliphatic carbocycles. The molecule has 4 rings (SSSR count). The number of methoxy groups -OCH3 is 1. The number of hydrogen-bond donors (Lipinski definition) is 2. The molecule has 0 radical (unpaired) electrons. The van der Waals surface area contributed by atoms with Gasteiger partial charge in [-0.25, -0.2) is 9.48 Å². The third-order valence-electron chi connectivity index (χ3n) is 4.85. The first-order valence-corrected chi connectivity index (χ1v) is 10.3. The van der Waals surface area contributed by atoms with E-state index in [2.05, 4.69) is 15.7 Å². The molecule has 0 spiro atoms. The minimum atomic E-state index is -0.394. The molecule has 0 bridgehead atoms. The van der Waals surface area contributed by atoms with E-state index in [9.17, 15) is 9.59 Å². The van der Waals surface area contributed by atoms with Crippen LogP contribution in [0.4, 0.5) is 10.8 Å². The molecule has 0 saturated carbocycles. The van der Waals surface area contributed by atoms with Crippen LogP contribution >= 0.6 is 11.3 Å². The summed E-state index contributed by atoms with van der Waals surface area (Å²) in [5, 5.41) is 10.9. The number of ether oxygens (including phenoxy) is 1. The Hall–Kier alpha value is -3.13. The van der Waals surface area contributed by atoms with E-state index in [1.54, 1.807) is 4.68 Å². The van der Waals surface area contributed by atoms with Gasteiger partial charge in [0.05, 0.1) is 24.9 Å². The predicted molar refractivity (Wildman–Crippen MR) is 113 cm³/mol. The average Bonchev–Trinajstić information content (AvgIpc) is 3.37. The summed E-state index contributed by atoms with van der Waals surface area (Å²) in [6, 6.07) is 11.5. The van der Waals surface area contributed by atoms with Crippen molar-refractivity contribution in [3.8, 4) is 5.69 Å². The van der Waals surface area contributed by atoms with Crippen molar-refractivity contribution in [1.29, 1.82) is 0 Å². The topological polar surface area (TPSA) is 85.2 Å². The summed E-state index contributed by atoms with van der Waals surface area (Å²) < 4.78 is 6.68. The van der Waals surface area contributed by atoms with Crippen LogP contribution in [-0.2, 0) is 22.4 Å². The van der Waals surface area contributed by atoms with Crippen molar-refractivity contribution in [1.82, 2.24) is 9.78 Å². The maximum Gasteiger partial charge on any atom is 0.341 e. The number of amides is 1. The molecular weight excluding hydrogens is 388 g/mol. The van der Waals surface area contributed by atoms with Crippen molar-refractivity contribution < 1.29 is 14.3 Å². The molecule has 2 aromatic heterocycles. The molecule has 0 aliphatic heterocycles. The Bertz CT molecular complexity index is 1030. The van der Waals surface area contributed by atoms with E-state index in [-0.39, 0.29) is 12.5 Å². The zero-order valence-corrected chi connectivity index (χ0v) is 16.9. The highest BCUT2D eigenvalue weighted by Gasteiger charge is 2.26. The normalized spacial score (nSPS) is 12.9. The molecule has 29 heavy (non-hydrogen) atoms. The number of fused-ring (bicyclic) bond motifs is 1. The van der Waals surface area contributed by atoms with Gasteiger partial charge in [0, 0.05) is 17.1 Å². The van der Waals surface area contributed by atoms with Gasteiger partial charge in [-0.2, -0.15) is 5.10 Å². The second kappa shape index (κ2) is 8.48. The second-order valence-corrected chi connectivity index (χ2v) is 7.89. The molecule has 0 fully saturated rings. The van der Waals surface area contributed by atoms with Crippen LogP contribution in [0.2, 0.25) is 0 Å². The van der Waals surface area contributed by atoms with E-state index in [1.807, 2.05) is 42.6 Å². The van der Waals surface area contributed by atoms with Crippen molar-refractivity contribution in [2.75, 3.05) is 24.3 Å². The highest BCUT2D eigenvalue weighted by molar-refractivity contribution is 7.17. The maximum atomic E-state index is 12.5. The van der Waals surface area contributed by atoms with Gasteiger partial charge in [0.1, 0.15) is 10.8 Å². The first kappa shape index (κ1) is 19.2. The third-order valence-corrected chi connectivity index (χ3v) is 6.06. The number of esters is 1. The van der Waals surface area contributed by atoms with Crippen LogP contribution in [0.15, 0.2) is 42.6 Å². The lowest BCUT2D eigenvalue weighted by molar-refractivity contribution is -0.114. The number of para-hydroxylation sites is 1. The first-order chi connectivity index (χ1) is 14.2. The van der Waals surface area contributed by atoms with Gasteiger partial charge in [0.2, 0.25) is 5.91 Å². The molecule has 8 heteroatoms. The Morgan fingerprint density at radius 1 is 1.17 bits per heavy atom. The molecule has 7 nitrogen and oxygen atoms in total. The lowest BCUT2D eigenvalue weighted by Crippen LogP contribution is -2.22. The lowest BCUT2D eigenvalue weighted by atomic mass is 9.95. The summed E-state index contributed by atoms with van der Waals surface area (Å²) in [5.74, 6) is -0.0278. The van der Waals surface area contributed by atoms with Gasteiger partial charge in [-0.1, -0.05) is 18.2 Å². The minimum Gasteiger partial charge on any atom is -0.465 e. The van der Waals surface area contributed by atoms with Crippen molar-refractivity contribution in [2.45, 2.75) is 25.7 Å². The van der Waals surface area contributed by atoms with Crippen LogP contribution in [0.1, 0.15) is 33.6 Å². The number of benzene rings is 1. The van der Waals surface area contributed by atoms with Gasteiger partial charge >= 0.3 is 5.97 Å². The van der Waals surface area contributed by atoms with Crippen LogP contribution in [-0.4, -0.2) is 35.3 Å². The maximum absolute atomic E-state index is 12.5. The van der Waals surface area contributed by atoms with Crippen LogP contribution in [0.25, 0.3) is 5.69 Å². The zero-order chi connectivity index (χ0) is 20.2. The number of rotatable bonds is 6. The van der Waals surface area contributed by atoms with E-state index in [1.165, 1.54) is 23.3 Å². The van der Waals surface area contributed by atoms with Gasteiger partial charge in [-0.15, -0.1) is 11.3 Å². The van der Waals surface area contributed by atoms with E-state index < -0.39 is 5.97 Å². The standard InChI is InChI=1S/C21H22N4O3S/c1-28-21(27)19-15-9-5-6-10-16(15)29-20(19)23-18(26)13-22-17-11-12-25(24-17)14-7-3-2-4-8-14/h2-4,7-8,11-12H,5-6,9-10,13H2,1H3,(H,22,24)(H,23,26). The number of anilines is 2. The quantitative estimate of drug-likeness (QED) is 0.606. The largest absolute Gasteiger partial charge is 0.465 e. The van der Waals surface area contributed by atoms with Gasteiger partial charge in [0.15, 0.2) is 0 Å². The van der Waals surface area contributed by atoms with Crippen LogP contribution in [0, 0.1) is 0 Å². The highest BCUT2D eigenvalue weighted by Crippen LogP contribution is 2.38. The summed E-state index contributed by atoms with van der Waals surface area (Å²) in [6.45, 7) is 0.0506. The molecule has 0 unspecified atom stereocenters. The zero-order valence-electron chi connectivity index (χ0n) is 16.1. The van der Waals surface area contributed by atoms with Crippen LogP contribution < -0.4 is 10.6 Å². The van der Waals surface area contributed by atoms with Crippen molar-refractivity contribution in [2.24, 2.45) is 0 Å². The summed E-state index contributed by atoms with van der Waals surface area (Å²) in [5.41, 5.74) is 2.48. The summed E-state index contributed by atoms with van der Waals surface area (Å²) in [4.78, 5) is 25.9. The smallest absolute Gasteiger partial charge is 0.341 e. The second-order valence-electron chi connectivity index (χ2n) is 6.79. The summed E-state index contributed by atoms with van der Waals surface area (Å²) in [6.07, 6.45) is 5.77. The predicted octanol–water partition coefficient (Wildman–Crippen LogP) is 3.65. The van der Waals surface area contributed by atoms with Crippen molar-refractivity contribution in [3.05, 3.63) is 58.6 Å². The van der Waals surface area contributed by atoms with Gasteiger partial charge < -0.3 is 15.4 Å². The third kappa shape index (κ3) is 4.17.